The molecule has 0 fully saturated rings. The van der Waals surface area contributed by atoms with E-state index < -0.39 is 0 Å². The Morgan fingerprint density at radius 1 is 1.50 bits per heavy atom. The number of nitrogens with zero attached hydrogens (tertiary/aromatic N) is 2. The lowest BCUT2D eigenvalue weighted by molar-refractivity contribution is 0.915. The molecule has 2 aromatic heterocycles. The van der Waals surface area contributed by atoms with Crippen LogP contribution in [0.5, 0.6) is 0 Å². The normalized spacial score (nSPS) is 11.1. The molecular weight excluding hydrogens is 198 g/mol. The van der Waals surface area contributed by atoms with Gasteiger partial charge in [0.2, 0.25) is 0 Å². The number of imidazole rings is 1. The smallest absolute Gasteiger partial charge is 0.114 e. The van der Waals surface area contributed by atoms with Crippen molar-refractivity contribution in [1.82, 2.24) is 9.38 Å². The molecule has 2 heterocycles. The molecule has 0 aliphatic carbocycles. The third-order valence-electron chi connectivity index (χ3n) is 2.27. The SMILES string of the molecule is CCc1nc(CN)c2cccc(Cl)n12. The number of pyridine rings is 1. The fourth-order valence-corrected chi connectivity index (χ4v) is 1.88. The highest BCUT2D eigenvalue weighted by Crippen LogP contribution is 2.19. The molecule has 0 unspecified atom stereocenters. The summed E-state index contributed by atoms with van der Waals surface area (Å²) in [6, 6.07) is 5.76. The summed E-state index contributed by atoms with van der Waals surface area (Å²) in [6.45, 7) is 2.50. The van der Waals surface area contributed by atoms with Gasteiger partial charge >= 0.3 is 0 Å². The second-order valence-corrected chi connectivity index (χ2v) is 3.49. The second kappa shape index (κ2) is 3.59. The quantitative estimate of drug-likeness (QED) is 0.769. The van der Waals surface area contributed by atoms with Crippen LogP contribution in [0, 0.1) is 0 Å². The minimum absolute atomic E-state index is 0.448. The van der Waals surface area contributed by atoms with Crippen molar-refractivity contribution in [2.24, 2.45) is 5.73 Å². The number of nitrogens with two attached hydrogens (primary N) is 1. The summed E-state index contributed by atoms with van der Waals surface area (Å²) in [5.74, 6) is 0.964. The number of hydrogen-bond donors (Lipinski definition) is 1. The summed E-state index contributed by atoms with van der Waals surface area (Å²) in [4.78, 5) is 4.44. The molecule has 3 nitrogen and oxygen atoms in total. The van der Waals surface area contributed by atoms with Gasteiger partial charge in [0, 0.05) is 13.0 Å². The molecule has 4 heteroatoms. The first-order chi connectivity index (χ1) is 6.77. The lowest BCUT2D eigenvalue weighted by atomic mass is 10.3. The molecule has 0 amide bonds. The summed E-state index contributed by atoms with van der Waals surface area (Å²) in [5, 5.41) is 0.687. The fourth-order valence-electron chi connectivity index (χ4n) is 1.62. The van der Waals surface area contributed by atoms with Crippen LogP contribution in [-0.4, -0.2) is 9.38 Å². The van der Waals surface area contributed by atoms with Gasteiger partial charge < -0.3 is 5.73 Å². The average Bonchev–Trinajstić information content (AvgIpc) is 2.57. The van der Waals surface area contributed by atoms with Gasteiger partial charge in [0.25, 0.3) is 0 Å². The highest BCUT2D eigenvalue weighted by Gasteiger charge is 2.09. The maximum absolute atomic E-state index is 6.09. The van der Waals surface area contributed by atoms with Gasteiger partial charge in [0.15, 0.2) is 0 Å². The summed E-state index contributed by atoms with van der Waals surface area (Å²) in [5.41, 5.74) is 7.53. The summed E-state index contributed by atoms with van der Waals surface area (Å²) in [6.07, 6.45) is 0.852. The van der Waals surface area contributed by atoms with Gasteiger partial charge in [-0.15, -0.1) is 0 Å². The zero-order valence-electron chi connectivity index (χ0n) is 8.00. The number of hydrogen-bond acceptors (Lipinski definition) is 2. The lowest BCUT2D eigenvalue weighted by Crippen LogP contribution is -1.97. The van der Waals surface area contributed by atoms with Crippen molar-refractivity contribution in [1.29, 1.82) is 0 Å². The van der Waals surface area contributed by atoms with Crippen LogP contribution >= 0.6 is 11.6 Å². The molecule has 0 saturated heterocycles. The van der Waals surface area contributed by atoms with Crippen LogP contribution in [0.4, 0.5) is 0 Å². The molecule has 0 aliphatic rings. The second-order valence-electron chi connectivity index (χ2n) is 3.10. The summed E-state index contributed by atoms with van der Waals surface area (Å²) < 4.78 is 1.95. The molecule has 2 rings (SSSR count). The van der Waals surface area contributed by atoms with Crippen molar-refractivity contribution < 1.29 is 0 Å². The van der Waals surface area contributed by atoms with E-state index in [1.165, 1.54) is 0 Å². The van der Waals surface area contributed by atoms with Crippen LogP contribution in [0.25, 0.3) is 5.52 Å². The number of halogens is 1. The summed E-state index contributed by atoms with van der Waals surface area (Å²) in [7, 11) is 0. The molecule has 2 aromatic rings. The van der Waals surface area contributed by atoms with Gasteiger partial charge in [0.1, 0.15) is 11.0 Å². The molecule has 0 aliphatic heterocycles. The molecule has 0 aromatic carbocycles. The minimum atomic E-state index is 0.448. The van der Waals surface area contributed by atoms with Crippen molar-refractivity contribution in [3.63, 3.8) is 0 Å². The number of aromatic nitrogens is 2. The van der Waals surface area contributed by atoms with Gasteiger partial charge in [-0.2, -0.15) is 0 Å². The number of fused-ring (bicyclic) bond motifs is 1. The summed E-state index contributed by atoms with van der Waals surface area (Å²) >= 11 is 6.09. The van der Waals surface area contributed by atoms with Gasteiger partial charge in [-0.05, 0) is 12.1 Å². The molecule has 0 atom stereocenters. The van der Waals surface area contributed by atoms with Gasteiger partial charge in [-0.3, -0.25) is 4.40 Å². The van der Waals surface area contributed by atoms with E-state index in [9.17, 15) is 0 Å². The Balaban J connectivity index is 2.82. The van der Waals surface area contributed by atoms with Crippen LogP contribution in [-0.2, 0) is 13.0 Å². The highest BCUT2D eigenvalue weighted by molar-refractivity contribution is 6.29. The van der Waals surface area contributed by atoms with E-state index in [0.717, 1.165) is 23.5 Å². The van der Waals surface area contributed by atoms with Gasteiger partial charge in [-0.1, -0.05) is 24.6 Å². The topological polar surface area (TPSA) is 43.3 Å². The first-order valence-corrected chi connectivity index (χ1v) is 5.00. The van der Waals surface area contributed by atoms with E-state index in [4.69, 9.17) is 17.3 Å². The van der Waals surface area contributed by atoms with Crippen molar-refractivity contribution in [3.05, 3.63) is 34.9 Å². The van der Waals surface area contributed by atoms with E-state index in [0.29, 0.717) is 11.7 Å². The Hall–Kier alpha value is -1.06. The standard InChI is InChI=1S/C10H12ClN3/c1-2-10-13-7(6-12)8-4-3-5-9(11)14(8)10/h3-5H,2,6,12H2,1H3. The largest absolute Gasteiger partial charge is 0.325 e. The molecular formula is C10H12ClN3. The molecule has 0 bridgehead atoms. The van der Waals surface area contributed by atoms with E-state index in [1.807, 2.05) is 22.6 Å². The van der Waals surface area contributed by atoms with E-state index >= 15 is 0 Å². The highest BCUT2D eigenvalue weighted by atomic mass is 35.5. The first kappa shape index (κ1) is 9.49. The van der Waals surface area contributed by atoms with Gasteiger partial charge in [-0.25, -0.2) is 4.98 Å². The van der Waals surface area contributed by atoms with Crippen LogP contribution in [0.1, 0.15) is 18.4 Å². The monoisotopic (exact) mass is 209 g/mol. The van der Waals surface area contributed by atoms with Crippen LogP contribution in [0.2, 0.25) is 5.15 Å². The molecule has 2 N–H and O–H groups in total. The maximum atomic E-state index is 6.09. The van der Waals surface area contributed by atoms with E-state index in [-0.39, 0.29) is 0 Å². The molecule has 14 heavy (non-hydrogen) atoms. The van der Waals surface area contributed by atoms with Crippen LogP contribution in [0.3, 0.4) is 0 Å². The van der Waals surface area contributed by atoms with Crippen LogP contribution in [0.15, 0.2) is 18.2 Å². The molecule has 0 radical (unpaired) electrons. The first-order valence-electron chi connectivity index (χ1n) is 4.62. The fraction of sp³-hybridized carbons (Fsp3) is 0.300. The minimum Gasteiger partial charge on any atom is -0.325 e. The zero-order chi connectivity index (χ0) is 10.1. The molecule has 0 spiro atoms. The predicted octanol–water partition coefficient (Wildman–Crippen LogP) is 2.01. The Morgan fingerprint density at radius 3 is 2.93 bits per heavy atom. The van der Waals surface area contributed by atoms with Crippen molar-refractivity contribution in [2.45, 2.75) is 19.9 Å². The third kappa shape index (κ3) is 1.29. The predicted molar refractivity (Wildman–Crippen MR) is 57.5 cm³/mol. The van der Waals surface area contributed by atoms with E-state index in [2.05, 4.69) is 11.9 Å². The maximum Gasteiger partial charge on any atom is 0.114 e. The molecule has 0 saturated carbocycles. The Kier molecular flexibility index (Phi) is 2.44. The zero-order valence-corrected chi connectivity index (χ0v) is 8.75. The molecule has 74 valence electrons. The number of rotatable bonds is 2. The Labute approximate surface area is 87.5 Å². The Bertz CT molecular complexity index is 462. The van der Waals surface area contributed by atoms with Crippen molar-refractivity contribution >= 4 is 17.1 Å². The lowest BCUT2D eigenvalue weighted by Gasteiger charge is -2.00. The number of aryl methyl sites for hydroxylation is 1. The Morgan fingerprint density at radius 2 is 2.29 bits per heavy atom. The van der Waals surface area contributed by atoms with Gasteiger partial charge in [0.05, 0.1) is 11.2 Å². The third-order valence-corrected chi connectivity index (χ3v) is 2.56. The van der Waals surface area contributed by atoms with Crippen molar-refractivity contribution in [3.8, 4) is 0 Å². The van der Waals surface area contributed by atoms with Crippen LogP contribution < -0.4 is 5.73 Å². The van der Waals surface area contributed by atoms with Crippen molar-refractivity contribution in [2.75, 3.05) is 0 Å². The average molecular weight is 210 g/mol. The van der Waals surface area contributed by atoms with E-state index in [1.54, 1.807) is 0 Å².